The van der Waals surface area contributed by atoms with E-state index in [1.165, 1.54) is 22.3 Å². The summed E-state index contributed by atoms with van der Waals surface area (Å²) in [5, 5.41) is 13.5. The van der Waals surface area contributed by atoms with Gasteiger partial charge in [-0.2, -0.15) is 0 Å². The molecule has 1 unspecified atom stereocenters. The van der Waals surface area contributed by atoms with Gasteiger partial charge in [0, 0.05) is 10.2 Å². The number of rotatable bonds is 4. The monoisotopic (exact) mass is 347 g/mol. The minimum atomic E-state index is -0.504. The zero-order valence-corrected chi connectivity index (χ0v) is 14.6. The lowest BCUT2D eigenvalue weighted by Gasteiger charge is -2.33. The fourth-order valence-electron chi connectivity index (χ4n) is 3.08. The van der Waals surface area contributed by atoms with Gasteiger partial charge in [-0.3, -0.25) is 0 Å². The number of aliphatic hydroxyl groups is 1. The lowest BCUT2D eigenvalue weighted by atomic mass is 9.84. The van der Waals surface area contributed by atoms with Gasteiger partial charge in [-0.05, 0) is 68.7 Å². The van der Waals surface area contributed by atoms with Crippen molar-refractivity contribution >= 4 is 21.6 Å². The Morgan fingerprint density at radius 2 is 1.57 bits per heavy atom. The summed E-state index contributed by atoms with van der Waals surface area (Å²) in [5.41, 5.74) is 5.31. The molecule has 0 aromatic heterocycles. The minimum Gasteiger partial charge on any atom is -0.394 e. The highest BCUT2D eigenvalue weighted by molar-refractivity contribution is 9.10. The number of nitrogens with one attached hydrogen (secondary N) is 1. The predicted molar refractivity (Wildman–Crippen MR) is 92.9 cm³/mol. The number of aryl methyl sites for hydroxylation is 3. The lowest BCUT2D eigenvalue weighted by Crippen LogP contribution is -2.37. The molecule has 0 fully saturated rings. The van der Waals surface area contributed by atoms with E-state index in [2.05, 4.69) is 54.2 Å². The third-order valence-electron chi connectivity index (χ3n) is 3.81. The number of hydrogen-bond donors (Lipinski definition) is 2. The first-order valence-corrected chi connectivity index (χ1v) is 7.88. The SMILES string of the molecule is Cc1cc(C)c(C(C)(CO)Nc2ccc(Br)cc2)c(C)c1. The molecule has 2 nitrogen and oxygen atoms in total. The second kappa shape index (κ2) is 6.20. The summed E-state index contributed by atoms with van der Waals surface area (Å²) < 4.78 is 1.04. The highest BCUT2D eigenvalue weighted by Crippen LogP contribution is 2.32. The highest BCUT2D eigenvalue weighted by atomic mass is 79.9. The van der Waals surface area contributed by atoms with Crippen molar-refractivity contribution in [2.45, 2.75) is 33.2 Å². The number of halogens is 1. The average Bonchev–Trinajstić information content (AvgIpc) is 2.40. The number of aliphatic hydroxyl groups excluding tert-OH is 1. The maximum absolute atomic E-state index is 10.0. The Morgan fingerprint density at radius 3 is 2.05 bits per heavy atom. The van der Waals surface area contributed by atoms with Gasteiger partial charge in [-0.25, -0.2) is 0 Å². The summed E-state index contributed by atoms with van der Waals surface area (Å²) >= 11 is 3.44. The van der Waals surface area contributed by atoms with Crippen LogP contribution in [0.1, 0.15) is 29.2 Å². The summed E-state index contributed by atoms with van der Waals surface area (Å²) in [6.45, 7) is 8.38. The second-order valence-corrected chi connectivity index (χ2v) is 6.81. The molecule has 2 rings (SSSR count). The third-order valence-corrected chi connectivity index (χ3v) is 4.34. The summed E-state index contributed by atoms with van der Waals surface area (Å²) in [6, 6.07) is 12.3. The molecule has 2 aromatic carbocycles. The van der Waals surface area contributed by atoms with Gasteiger partial charge in [0.1, 0.15) is 0 Å². The van der Waals surface area contributed by atoms with Crippen LogP contribution in [0.5, 0.6) is 0 Å². The molecular weight excluding hydrogens is 326 g/mol. The molecule has 0 saturated carbocycles. The van der Waals surface area contributed by atoms with Crippen molar-refractivity contribution in [1.29, 1.82) is 0 Å². The van der Waals surface area contributed by atoms with Crippen LogP contribution in [-0.4, -0.2) is 11.7 Å². The third kappa shape index (κ3) is 3.47. The van der Waals surface area contributed by atoms with Crippen molar-refractivity contribution in [1.82, 2.24) is 0 Å². The van der Waals surface area contributed by atoms with Crippen LogP contribution in [-0.2, 0) is 5.54 Å². The molecule has 1 atom stereocenters. The zero-order chi connectivity index (χ0) is 15.6. The van der Waals surface area contributed by atoms with Crippen molar-refractivity contribution in [3.05, 3.63) is 63.1 Å². The summed E-state index contributed by atoms with van der Waals surface area (Å²) in [7, 11) is 0. The largest absolute Gasteiger partial charge is 0.394 e. The van der Waals surface area contributed by atoms with Crippen LogP contribution < -0.4 is 5.32 Å². The Labute approximate surface area is 135 Å². The minimum absolute atomic E-state index is 0.0355. The Balaban J connectivity index is 2.44. The number of benzene rings is 2. The van der Waals surface area contributed by atoms with E-state index in [9.17, 15) is 5.11 Å². The Hall–Kier alpha value is -1.32. The molecule has 0 spiro atoms. The molecule has 21 heavy (non-hydrogen) atoms. The predicted octanol–water partition coefficient (Wildman–Crippen LogP) is 4.69. The Morgan fingerprint density at radius 1 is 1.05 bits per heavy atom. The molecule has 0 heterocycles. The second-order valence-electron chi connectivity index (χ2n) is 5.90. The van der Waals surface area contributed by atoms with Gasteiger partial charge in [0.05, 0.1) is 12.1 Å². The first-order valence-electron chi connectivity index (χ1n) is 7.08. The maximum atomic E-state index is 10.0. The maximum Gasteiger partial charge on any atom is 0.0833 e. The van der Waals surface area contributed by atoms with E-state index in [-0.39, 0.29) is 6.61 Å². The first-order chi connectivity index (χ1) is 9.85. The van der Waals surface area contributed by atoms with Crippen LogP contribution in [0, 0.1) is 20.8 Å². The van der Waals surface area contributed by atoms with E-state index in [0.717, 1.165) is 10.2 Å². The number of anilines is 1. The van der Waals surface area contributed by atoms with Crippen LogP contribution in [0.15, 0.2) is 40.9 Å². The Bertz CT molecular complexity index is 613. The molecule has 0 aliphatic rings. The van der Waals surface area contributed by atoms with Crippen molar-refractivity contribution < 1.29 is 5.11 Å². The van der Waals surface area contributed by atoms with Crippen molar-refractivity contribution in [3.8, 4) is 0 Å². The van der Waals surface area contributed by atoms with Gasteiger partial charge in [0.25, 0.3) is 0 Å². The van der Waals surface area contributed by atoms with Gasteiger partial charge >= 0.3 is 0 Å². The molecule has 0 aliphatic heterocycles. The van der Waals surface area contributed by atoms with E-state index in [4.69, 9.17) is 0 Å². The molecular formula is C18H22BrNO. The van der Waals surface area contributed by atoms with E-state index in [0.29, 0.717) is 0 Å². The molecule has 0 amide bonds. The van der Waals surface area contributed by atoms with Crippen LogP contribution in [0.25, 0.3) is 0 Å². The standard InChI is InChI=1S/C18H22BrNO/c1-12-9-13(2)17(14(3)10-12)18(4,11-21)20-16-7-5-15(19)6-8-16/h5-10,20-21H,11H2,1-4H3. The van der Waals surface area contributed by atoms with Crippen molar-refractivity contribution in [2.24, 2.45) is 0 Å². The molecule has 0 saturated heterocycles. The van der Waals surface area contributed by atoms with Crippen LogP contribution >= 0.6 is 15.9 Å². The quantitative estimate of drug-likeness (QED) is 0.840. The molecule has 0 radical (unpaired) electrons. The molecule has 0 aliphatic carbocycles. The van der Waals surface area contributed by atoms with E-state index in [1.807, 2.05) is 31.2 Å². The summed E-state index contributed by atoms with van der Waals surface area (Å²) in [5.74, 6) is 0. The van der Waals surface area contributed by atoms with E-state index < -0.39 is 5.54 Å². The lowest BCUT2D eigenvalue weighted by molar-refractivity contribution is 0.223. The van der Waals surface area contributed by atoms with Crippen LogP contribution in [0.3, 0.4) is 0 Å². The fraction of sp³-hybridized carbons (Fsp3) is 0.333. The zero-order valence-electron chi connectivity index (χ0n) is 13.0. The van der Waals surface area contributed by atoms with Crippen molar-refractivity contribution in [3.63, 3.8) is 0 Å². The van der Waals surface area contributed by atoms with Crippen LogP contribution in [0.2, 0.25) is 0 Å². The van der Waals surface area contributed by atoms with Gasteiger partial charge in [-0.1, -0.05) is 33.6 Å². The van der Waals surface area contributed by atoms with E-state index >= 15 is 0 Å². The smallest absolute Gasteiger partial charge is 0.0833 e. The van der Waals surface area contributed by atoms with Crippen molar-refractivity contribution in [2.75, 3.05) is 11.9 Å². The number of hydrogen-bond acceptors (Lipinski definition) is 2. The fourth-order valence-corrected chi connectivity index (χ4v) is 3.35. The van der Waals surface area contributed by atoms with Gasteiger partial charge in [0.15, 0.2) is 0 Å². The van der Waals surface area contributed by atoms with Crippen LogP contribution in [0.4, 0.5) is 5.69 Å². The average molecular weight is 348 g/mol. The highest BCUT2D eigenvalue weighted by Gasteiger charge is 2.29. The van der Waals surface area contributed by atoms with E-state index in [1.54, 1.807) is 0 Å². The Kier molecular flexibility index (Phi) is 4.74. The molecule has 2 aromatic rings. The topological polar surface area (TPSA) is 32.3 Å². The first kappa shape index (κ1) is 16.1. The van der Waals surface area contributed by atoms with Gasteiger partial charge in [-0.15, -0.1) is 0 Å². The molecule has 3 heteroatoms. The molecule has 112 valence electrons. The normalized spacial score (nSPS) is 13.8. The summed E-state index contributed by atoms with van der Waals surface area (Å²) in [4.78, 5) is 0. The van der Waals surface area contributed by atoms with Gasteiger partial charge in [0.2, 0.25) is 0 Å². The molecule has 0 bridgehead atoms. The van der Waals surface area contributed by atoms with Gasteiger partial charge < -0.3 is 10.4 Å². The molecule has 2 N–H and O–H groups in total. The summed E-state index contributed by atoms with van der Waals surface area (Å²) in [6.07, 6.45) is 0.